The summed E-state index contributed by atoms with van der Waals surface area (Å²) in [5, 5.41) is 0.915. The molecule has 0 bridgehead atoms. The summed E-state index contributed by atoms with van der Waals surface area (Å²) in [6, 6.07) is 19.1. The van der Waals surface area contributed by atoms with Crippen LogP contribution in [-0.2, 0) is 5.75 Å². The number of fused-ring (bicyclic) bond motifs is 1. The summed E-state index contributed by atoms with van der Waals surface area (Å²) >= 11 is 1.44. The van der Waals surface area contributed by atoms with Crippen LogP contribution in [0.3, 0.4) is 0 Å². The van der Waals surface area contributed by atoms with E-state index >= 15 is 0 Å². The molecule has 34 heavy (non-hydrogen) atoms. The van der Waals surface area contributed by atoms with Gasteiger partial charge in [0, 0.05) is 24.4 Å². The van der Waals surface area contributed by atoms with Crippen LogP contribution < -0.4 is 5.56 Å². The average Bonchev–Trinajstić information content (AvgIpc) is 3.38. The number of nitrogens with zero attached hydrogens (tertiary/aromatic N) is 3. The van der Waals surface area contributed by atoms with Crippen LogP contribution in [0.25, 0.3) is 16.6 Å². The van der Waals surface area contributed by atoms with Crippen LogP contribution in [0, 0.1) is 12.7 Å². The zero-order valence-corrected chi connectivity index (χ0v) is 19.6. The fraction of sp³-hybridized carbons (Fsp3) is 0.222. The minimum atomic E-state index is -0.371. The first-order valence-corrected chi connectivity index (χ1v) is 12.3. The van der Waals surface area contributed by atoms with E-state index in [2.05, 4.69) is 6.07 Å². The van der Waals surface area contributed by atoms with Crippen molar-refractivity contribution in [3.05, 3.63) is 99.6 Å². The van der Waals surface area contributed by atoms with E-state index in [9.17, 15) is 14.0 Å². The highest BCUT2D eigenvalue weighted by molar-refractivity contribution is 7.98. The van der Waals surface area contributed by atoms with Gasteiger partial charge in [0.1, 0.15) is 5.82 Å². The van der Waals surface area contributed by atoms with Gasteiger partial charge in [-0.1, -0.05) is 41.6 Å². The van der Waals surface area contributed by atoms with Gasteiger partial charge in [-0.25, -0.2) is 9.37 Å². The first kappa shape index (κ1) is 22.3. The second-order valence-corrected chi connectivity index (χ2v) is 9.46. The quantitative estimate of drug-likeness (QED) is 0.289. The number of rotatable bonds is 5. The number of carbonyl (C=O) groups is 1. The zero-order chi connectivity index (χ0) is 23.7. The van der Waals surface area contributed by atoms with Crippen molar-refractivity contribution in [1.82, 2.24) is 14.5 Å². The third-order valence-corrected chi connectivity index (χ3v) is 7.02. The molecule has 4 aromatic rings. The first-order valence-electron chi connectivity index (χ1n) is 11.3. The lowest BCUT2D eigenvalue weighted by Crippen LogP contribution is -2.28. The van der Waals surface area contributed by atoms with Gasteiger partial charge < -0.3 is 4.90 Å². The number of likely N-dealkylation sites (tertiary alicyclic amines) is 1. The number of hydrogen-bond donors (Lipinski definition) is 0. The molecule has 1 saturated heterocycles. The number of carbonyl (C=O) groups excluding carboxylic acids is 1. The van der Waals surface area contributed by atoms with Crippen molar-refractivity contribution >= 4 is 28.6 Å². The Kier molecular flexibility index (Phi) is 6.20. The highest BCUT2D eigenvalue weighted by Gasteiger charge is 2.21. The molecule has 2 heterocycles. The maximum absolute atomic E-state index is 13.6. The largest absolute Gasteiger partial charge is 0.339 e. The number of aromatic nitrogens is 2. The van der Waals surface area contributed by atoms with Crippen LogP contribution >= 0.6 is 11.8 Å². The Morgan fingerprint density at radius 3 is 2.53 bits per heavy atom. The number of aryl methyl sites for hydroxylation is 1. The summed E-state index contributed by atoms with van der Waals surface area (Å²) in [5.41, 5.74) is 3.59. The Morgan fingerprint density at radius 1 is 1.03 bits per heavy atom. The fourth-order valence-electron chi connectivity index (χ4n) is 4.27. The molecular weight excluding hydrogens is 449 g/mol. The van der Waals surface area contributed by atoms with Crippen LogP contribution in [0.1, 0.15) is 34.3 Å². The molecule has 0 spiro atoms. The molecule has 0 N–H and O–H groups in total. The molecular formula is C27H24FN3O2S. The van der Waals surface area contributed by atoms with E-state index in [0.717, 1.165) is 37.1 Å². The molecule has 0 saturated carbocycles. The van der Waals surface area contributed by atoms with Crippen molar-refractivity contribution in [2.75, 3.05) is 13.1 Å². The number of hydrogen-bond acceptors (Lipinski definition) is 4. The van der Waals surface area contributed by atoms with Crippen LogP contribution in [-0.4, -0.2) is 33.4 Å². The number of amides is 1. The van der Waals surface area contributed by atoms with Crippen LogP contribution in [0.15, 0.2) is 76.7 Å². The monoisotopic (exact) mass is 473 g/mol. The topological polar surface area (TPSA) is 55.2 Å². The molecule has 1 amide bonds. The predicted molar refractivity (Wildman–Crippen MR) is 133 cm³/mol. The molecule has 3 aromatic carbocycles. The highest BCUT2D eigenvalue weighted by Crippen LogP contribution is 2.26. The zero-order valence-electron chi connectivity index (χ0n) is 18.8. The van der Waals surface area contributed by atoms with Crippen molar-refractivity contribution in [2.24, 2.45) is 0 Å². The SMILES string of the molecule is Cc1cccc(CSc2nc3cc(C(=O)N4CCCC4)ccc3c(=O)n2-c2ccc(F)cc2)c1. The summed E-state index contributed by atoms with van der Waals surface area (Å²) < 4.78 is 15.1. The van der Waals surface area contributed by atoms with Crippen LogP contribution in [0.5, 0.6) is 0 Å². The maximum Gasteiger partial charge on any atom is 0.266 e. The van der Waals surface area contributed by atoms with E-state index < -0.39 is 0 Å². The molecule has 172 valence electrons. The average molecular weight is 474 g/mol. The number of thioether (sulfide) groups is 1. The first-order chi connectivity index (χ1) is 16.5. The van der Waals surface area contributed by atoms with Gasteiger partial charge in [-0.15, -0.1) is 0 Å². The Hall–Kier alpha value is -3.45. The summed E-state index contributed by atoms with van der Waals surface area (Å²) in [6.45, 7) is 3.55. The Labute approximate surface area is 201 Å². The molecule has 5 nitrogen and oxygen atoms in total. The van der Waals surface area contributed by atoms with Crippen molar-refractivity contribution in [2.45, 2.75) is 30.7 Å². The summed E-state index contributed by atoms with van der Waals surface area (Å²) in [7, 11) is 0. The van der Waals surface area contributed by atoms with Crippen molar-refractivity contribution in [3.8, 4) is 5.69 Å². The minimum Gasteiger partial charge on any atom is -0.339 e. The lowest BCUT2D eigenvalue weighted by molar-refractivity contribution is 0.0793. The normalized spacial score (nSPS) is 13.5. The standard InChI is InChI=1S/C27H24FN3O2S/c1-18-5-4-6-19(15-18)17-34-27-29-24-16-20(25(32)30-13-2-3-14-30)7-12-23(24)26(33)31(27)22-10-8-21(28)9-11-22/h4-12,15-16H,2-3,13-14,17H2,1H3. The van der Waals surface area contributed by atoms with Gasteiger partial charge >= 0.3 is 0 Å². The second-order valence-electron chi connectivity index (χ2n) is 8.52. The van der Waals surface area contributed by atoms with E-state index in [1.165, 1.54) is 28.5 Å². The Bertz CT molecular complexity index is 1430. The smallest absolute Gasteiger partial charge is 0.266 e. The number of benzene rings is 3. The van der Waals surface area contributed by atoms with E-state index in [-0.39, 0.29) is 17.3 Å². The van der Waals surface area contributed by atoms with Crippen molar-refractivity contribution < 1.29 is 9.18 Å². The van der Waals surface area contributed by atoms with Crippen molar-refractivity contribution in [3.63, 3.8) is 0 Å². The van der Waals surface area contributed by atoms with Crippen molar-refractivity contribution in [1.29, 1.82) is 0 Å². The van der Waals surface area contributed by atoms with E-state index in [0.29, 0.717) is 33.1 Å². The Morgan fingerprint density at radius 2 is 1.79 bits per heavy atom. The van der Waals surface area contributed by atoms with Gasteiger partial charge in [-0.3, -0.25) is 14.2 Å². The molecule has 1 fully saturated rings. The molecule has 0 radical (unpaired) electrons. The fourth-order valence-corrected chi connectivity index (χ4v) is 5.22. The third kappa shape index (κ3) is 4.48. The van der Waals surface area contributed by atoms with Gasteiger partial charge in [0.15, 0.2) is 5.16 Å². The molecule has 0 atom stereocenters. The highest BCUT2D eigenvalue weighted by atomic mass is 32.2. The van der Waals surface area contributed by atoms with Gasteiger partial charge in [0.25, 0.3) is 11.5 Å². The lowest BCUT2D eigenvalue weighted by atomic mass is 10.1. The number of halogens is 1. The van der Waals surface area contributed by atoms with Gasteiger partial charge in [-0.05, 0) is 67.8 Å². The predicted octanol–water partition coefficient (Wildman–Crippen LogP) is 5.36. The maximum atomic E-state index is 13.6. The molecule has 1 aliphatic heterocycles. The van der Waals surface area contributed by atoms with Gasteiger partial charge in [0.2, 0.25) is 0 Å². The molecule has 1 aliphatic rings. The third-order valence-electron chi connectivity index (χ3n) is 6.01. The molecule has 7 heteroatoms. The Balaban J connectivity index is 1.60. The second kappa shape index (κ2) is 9.43. The lowest BCUT2D eigenvalue weighted by Gasteiger charge is -2.16. The molecule has 5 rings (SSSR count). The molecule has 0 aliphatic carbocycles. The molecule has 0 unspecified atom stereocenters. The minimum absolute atomic E-state index is 0.0297. The van der Waals surface area contributed by atoms with E-state index in [4.69, 9.17) is 4.98 Å². The van der Waals surface area contributed by atoms with Gasteiger partial charge in [0.05, 0.1) is 16.6 Å². The van der Waals surface area contributed by atoms with E-state index in [1.807, 2.05) is 30.0 Å². The summed E-state index contributed by atoms with van der Waals surface area (Å²) in [6.07, 6.45) is 2.03. The molecule has 1 aromatic heterocycles. The summed E-state index contributed by atoms with van der Waals surface area (Å²) in [5.74, 6) is 0.218. The van der Waals surface area contributed by atoms with Gasteiger partial charge in [-0.2, -0.15) is 0 Å². The van der Waals surface area contributed by atoms with Crippen LogP contribution in [0.2, 0.25) is 0 Å². The van der Waals surface area contributed by atoms with E-state index in [1.54, 1.807) is 30.3 Å². The van der Waals surface area contributed by atoms with Crippen LogP contribution in [0.4, 0.5) is 4.39 Å². The summed E-state index contributed by atoms with van der Waals surface area (Å²) in [4.78, 5) is 33.1.